The summed E-state index contributed by atoms with van der Waals surface area (Å²) in [5, 5.41) is 6.47. The summed E-state index contributed by atoms with van der Waals surface area (Å²) in [5.74, 6) is -3.71. The number of ether oxygens (including phenoxy) is 1. The molecule has 0 spiro atoms. The number of nitrogens with zero attached hydrogens (tertiary/aromatic N) is 3. The molecule has 1 atom stereocenters. The molecule has 21 heavy (non-hydrogen) atoms. The van der Waals surface area contributed by atoms with E-state index in [1.165, 1.54) is 4.90 Å². The molecule has 1 fully saturated rings. The molecule has 4 nitrogen and oxygen atoms in total. The third kappa shape index (κ3) is 3.58. The zero-order valence-corrected chi connectivity index (χ0v) is 11.4. The highest BCUT2D eigenvalue weighted by Crippen LogP contribution is 2.33. The van der Waals surface area contributed by atoms with E-state index in [4.69, 9.17) is 4.74 Å². The minimum Gasteiger partial charge on any atom is -0.465 e. The topological polar surface area (TPSA) is 38.2 Å². The lowest BCUT2D eigenvalue weighted by Gasteiger charge is -2.19. The largest absolute Gasteiger partial charge is 0.465 e. The van der Waals surface area contributed by atoms with Gasteiger partial charge >= 0.3 is 6.18 Å². The van der Waals surface area contributed by atoms with Gasteiger partial charge in [-0.3, -0.25) is 4.90 Å². The predicted molar refractivity (Wildman–Crippen MR) is 63.1 cm³/mol. The van der Waals surface area contributed by atoms with Gasteiger partial charge in [-0.25, -0.2) is 8.78 Å². The molecule has 1 saturated heterocycles. The molecule has 1 aromatic heterocycles. The van der Waals surface area contributed by atoms with Gasteiger partial charge in [-0.15, -0.1) is 5.10 Å². The van der Waals surface area contributed by atoms with Gasteiger partial charge in [0, 0.05) is 18.7 Å². The number of aromatic nitrogens is 2. The zero-order chi connectivity index (χ0) is 15.8. The monoisotopic (exact) mass is 311 g/mol. The van der Waals surface area contributed by atoms with Gasteiger partial charge in [0.2, 0.25) is 5.88 Å². The van der Waals surface area contributed by atoms with Gasteiger partial charge < -0.3 is 4.74 Å². The molecular weight excluding hydrogens is 297 g/mol. The fourth-order valence-corrected chi connectivity index (χ4v) is 2.01. The van der Waals surface area contributed by atoms with Crippen LogP contribution in [0.25, 0.3) is 0 Å². The second-order valence-corrected chi connectivity index (χ2v) is 5.17. The zero-order valence-electron chi connectivity index (χ0n) is 11.4. The van der Waals surface area contributed by atoms with Crippen molar-refractivity contribution in [3.05, 3.63) is 17.8 Å². The lowest BCUT2D eigenvalue weighted by Crippen LogP contribution is -2.36. The quantitative estimate of drug-likeness (QED) is 0.804. The van der Waals surface area contributed by atoms with Crippen LogP contribution in [0, 0.1) is 0 Å². The lowest BCUT2D eigenvalue weighted by atomic mass is 10.2. The Kier molecular flexibility index (Phi) is 4.05. The number of likely N-dealkylation sites (tertiary alicyclic amines) is 1. The Labute approximate surface area is 117 Å². The summed E-state index contributed by atoms with van der Waals surface area (Å²) in [6.07, 6.45) is -5.66. The smallest absolute Gasteiger partial charge is 0.418 e. The Morgan fingerprint density at radius 2 is 2.05 bits per heavy atom. The highest BCUT2D eigenvalue weighted by molar-refractivity contribution is 5.20. The van der Waals surface area contributed by atoms with E-state index >= 15 is 0 Å². The highest BCUT2D eigenvalue weighted by Gasteiger charge is 2.50. The Bertz CT molecular complexity index is 506. The molecule has 0 radical (unpaired) electrons. The van der Waals surface area contributed by atoms with Crippen LogP contribution in [0.3, 0.4) is 0 Å². The van der Waals surface area contributed by atoms with Gasteiger partial charge in [0.15, 0.2) is 6.10 Å². The van der Waals surface area contributed by atoms with Crippen molar-refractivity contribution in [1.29, 1.82) is 0 Å². The maximum Gasteiger partial charge on any atom is 0.418 e. The normalized spacial score (nSPS) is 22.8. The van der Waals surface area contributed by atoms with E-state index in [9.17, 15) is 22.0 Å². The van der Waals surface area contributed by atoms with Crippen LogP contribution in [-0.4, -0.2) is 46.3 Å². The van der Waals surface area contributed by atoms with Crippen LogP contribution in [0.15, 0.2) is 12.3 Å². The average molecular weight is 311 g/mol. The molecule has 0 bridgehead atoms. The maximum atomic E-state index is 13.8. The Hall–Kier alpha value is -1.51. The summed E-state index contributed by atoms with van der Waals surface area (Å²) in [6, 6.07) is 0.457. The minimum absolute atomic E-state index is 0.0808. The van der Waals surface area contributed by atoms with E-state index in [-0.39, 0.29) is 12.6 Å². The summed E-state index contributed by atoms with van der Waals surface area (Å²) in [5.41, 5.74) is -1.09. The van der Waals surface area contributed by atoms with E-state index < -0.39 is 36.2 Å². The van der Waals surface area contributed by atoms with Crippen molar-refractivity contribution in [2.75, 3.05) is 13.1 Å². The van der Waals surface area contributed by atoms with Crippen LogP contribution >= 0.6 is 0 Å². The molecule has 1 aromatic rings. The number of alkyl halides is 5. The molecule has 2 rings (SSSR count). The number of halogens is 5. The molecule has 0 amide bonds. The van der Waals surface area contributed by atoms with E-state index in [0.29, 0.717) is 12.3 Å². The Morgan fingerprint density at radius 3 is 2.57 bits per heavy atom. The summed E-state index contributed by atoms with van der Waals surface area (Å²) in [7, 11) is 0. The van der Waals surface area contributed by atoms with E-state index in [2.05, 4.69) is 10.2 Å². The van der Waals surface area contributed by atoms with E-state index in [0.717, 1.165) is 0 Å². The van der Waals surface area contributed by atoms with Crippen molar-refractivity contribution in [3.63, 3.8) is 0 Å². The molecule has 1 aliphatic rings. The molecule has 2 heterocycles. The van der Waals surface area contributed by atoms with Crippen LogP contribution in [-0.2, 0) is 6.18 Å². The maximum absolute atomic E-state index is 13.8. The van der Waals surface area contributed by atoms with Crippen LogP contribution in [0.5, 0.6) is 5.88 Å². The number of hydrogen-bond donors (Lipinski definition) is 0. The third-order valence-corrected chi connectivity index (χ3v) is 3.24. The van der Waals surface area contributed by atoms with E-state index in [1.54, 1.807) is 13.8 Å². The lowest BCUT2D eigenvalue weighted by molar-refractivity contribution is -0.138. The van der Waals surface area contributed by atoms with Crippen LogP contribution in [0.4, 0.5) is 22.0 Å². The van der Waals surface area contributed by atoms with Crippen LogP contribution in [0.1, 0.15) is 19.4 Å². The van der Waals surface area contributed by atoms with Gasteiger partial charge in [-0.1, -0.05) is 0 Å². The first-order valence-electron chi connectivity index (χ1n) is 6.28. The van der Waals surface area contributed by atoms with Crippen molar-refractivity contribution in [1.82, 2.24) is 15.1 Å². The van der Waals surface area contributed by atoms with Gasteiger partial charge in [0.05, 0.1) is 18.3 Å². The average Bonchev–Trinajstić information content (AvgIpc) is 2.65. The van der Waals surface area contributed by atoms with Crippen LogP contribution < -0.4 is 4.74 Å². The first kappa shape index (κ1) is 15.9. The third-order valence-electron chi connectivity index (χ3n) is 3.24. The SMILES string of the molecule is CC(C)N1C[C@H](Oc2cc(C(F)(F)F)cnn2)C(F)(F)C1. The number of hydrogen-bond acceptors (Lipinski definition) is 4. The summed E-state index contributed by atoms with van der Waals surface area (Å²) in [6.45, 7) is 2.93. The number of rotatable bonds is 3. The van der Waals surface area contributed by atoms with Gasteiger partial charge in [-0.2, -0.15) is 18.3 Å². The van der Waals surface area contributed by atoms with Crippen molar-refractivity contribution in [2.45, 2.75) is 38.1 Å². The van der Waals surface area contributed by atoms with Crippen molar-refractivity contribution >= 4 is 0 Å². The van der Waals surface area contributed by atoms with Crippen molar-refractivity contribution in [2.24, 2.45) is 0 Å². The predicted octanol–water partition coefficient (Wildman–Crippen LogP) is 2.60. The van der Waals surface area contributed by atoms with Gasteiger partial charge in [0.1, 0.15) is 0 Å². The molecule has 0 aromatic carbocycles. The first-order chi connectivity index (χ1) is 9.59. The fourth-order valence-electron chi connectivity index (χ4n) is 2.01. The molecule has 9 heteroatoms. The molecule has 0 aliphatic carbocycles. The second-order valence-electron chi connectivity index (χ2n) is 5.17. The van der Waals surface area contributed by atoms with Crippen molar-refractivity contribution in [3.8, 4) is 5.88 Å². The van der Waals surface area contributed by atoms with Crippen LogP contribution in [0.2, 0.25) is 0 Å². The fraction of sp³-hybridized carbons (Fsp3) is 0.667. The summed E-state index contributed by atoms with van der Waals surface area (Å²) >= 11 is 0. The molecule has 0 unspecified atom stereocenters. The van der Waals surface area contributed by atoms with E-state index in [1.807, 2.05) is 0 Å². The first-order valence-corrected chi connectivity index (χ1v) is 6.28. The standard InChI is InChI=1S/C12H14F5N3O/c1-7(2)20-5-9(11(13,14)6-20)21-10-3-8(4-18-19-10)12(15,16)17/h3-4,7,9H,5-6H2,1-2H3/t9-/m0/s1. The van der Waals surface area contributed by atoms with Gasteiger partial charge in [0.25, 0.3) is 5.92 Å². The highest BCUT2D eigenvalue weighted by atomic mass is 19.4. The second kappa shape index (κ2) is 5.36. The molecule has 0 saturated carbocycles. The summed E-state index contributed by atoms with van der Waals surface area (Å²) < 4.78 is 70.1. The minimum atomic E-state index is -4.63. The molecule has 118 valence electrons. The van der Waals surface area contributed by atoms with Crippen molar-refractivity contribution < 1.29 is 26.7 Å². The molecule has 1 aliphatic heterocycles. The van der Waals surface area contributed by atoms with Gasteiger partial charge in [-0.05, 0) is 13.8 Å². The Morgan fingerprint density at radius 1 is 1.38 bits per heavy atom. The molecular formula is C12H14F5N3O. The molecule has 0 N–H and O–H groups in total. The summed E-state index contributed by atoms with van der Waals surface area (Å²) in [4.78, 5) is 1.49. The Balaban J connectivity index is 2.15.